The molecule has 1 fully saturated rings. The summed E-state index contributed by atoms with van der Waals surface area (Å²) in [6.45, 7) is 2.91. The number of ether oxygens (including phenoxy) is 1. The standard InChI is InChI=1S/C15H21N7O2/c1-21-6-7-24-13(10-21)9-16-15(23)17-12-5-3-4-11(8-12)14-18-19-20-22(14)2/h3-5,8,13H,6-7,9-10H2,1-2H3,(H2,16,17,23)/t13-/m1/s1. The van der Waals surface area contributed by atoms with Crippen LogP contribution in [-0.2, 0) is 11.8 Å². The van der Waals surface area contributed by atoms with Crippen molar-refractivity contribution in [1.82, 2.24) is 30.4 Å². The number of carbonyl (C=O) groups is 1. The van der Waals surface area contributed by atoms with Gasteiger partial charge in [-0.15, -0.1) is 5.10 Å². The molecule has 1 aliphatic rings. The van der Waals surface area contributed by atoms with Gasteiger partial charge in [0.05, 0.1) is 12.7 Å². The van der Waals surface area contributed by atoms with Gasteiger partial charge in [-0.2, -0.15) is 0 Å². The molecule has 1 atom stereocenters. The molecule has 2 N–H and O–H groups in total. The Morgan fingerprint density at radius 2 is 2.29 bits per heavy atom. The van der Waals surface area contributed by atoms with Crippen molar-refractivity contribution in [3.05, 3.63) is 24.3 Å². The molecule has 0 saturated carbocycles. The summed E-state index contributed by atoms with van der Waals surface area (Å²) in [6, 6.07) is 7.12. The summed E-state index contributed by atoms with van der Waals surface area (Å²) >= 11 is 0. The van der Waals surface area contributed by atoms with Crippen molar-refractivity contribution in [2.75, 3.05) is 38.6 Å². The number of rotatable bonds is 4. The van der Waals surface area contributed by atoms with Crippen molar-refractivity contribution in [2.45, 2.75) is 6.10 Å². The van der Waals surface area contributed by atoms with E-state index >= 15 is 0 Å². The number of morpholine rings is 1. The summed E-state index contributed by atoms with van der Waals surface area (Å²) in [7, 11) is 3.81. The molecule has 2 heterocycles. The van der Waals surface area contributed by atoms with Gasteiger partial charge < -0.3 is 20.3 Å². The molecule has 1 aliphatic heterocycles. The fourth-order valence-electron chi connectivity index (χ4n) is 2.58. The van der Waals surface area contributed by atoms with E-state index in [1.807, 2.05) is 31.3 Å². The quantitative estimate of drug-likeness (QED) is 0.838. The molecule has 0 aliphatic carbocycles. The van der Waals surface area contributed by atoms with Crippen LogP contribution in [0.1, 0.15) is 0 Å². The summed E-state index contributed by atoms with van der Waals surface area (Å²) in [5.41, 5.74) is 1.51. The second-order valence-corrected chi connectivity index (χ2v) is 5.80. The molecule has 24 heavy (non-hydrogen) atoms. The number of amides is 2. The van der Waals surface area contributed by atoms with Crippen LogP contribution in [0.3, 0.4) is 0 Å². The Kier molecular flexibility index (Phi) is 5.02. The lowest BCUT2D eigenvalue weighted by Crippen LogP contribution is -2.46. The van der Waals surface area contributed by atoms with E-state index in [9.17, 15) is 4.79 Å². The molecule has 2 amide bonds. The fraction of sp³-hybridized carbons (Fsp3) is 0.467. The number of nitrogens with one attached hydrogen (secondary N) is 2. The molecule has 1 aromatic heterocycles. The summed E-state index contributed by atoms with van der Waals surface area (Å²) in [5.74, 6) is 0.637. The average molecular weight is 331 g/mol. The Labute approximate surface area is 140 Å². The molecule has 9 nitrogen and oxygen atoms in total. The molecule has 0 radical (unpaired) electrons. The maximum atomic E-state index is 12.1. The largest absolute Gasteiger partial charge is 0.374 e. The van der Waals surface area contributed by atoms with Gasteiger partial charge in [0.15, 0.2) is 5.82 Å². The number of nitrogens with zero attached hydrogens (tertiary/aromatic N) is 5. The van der Waals surface area contributed by atoms with Gasteiger partial charge in [-0.05, 0) is 29.6 Å². The molecule has 9 heteroatoms. The van der Waals surface area contributed by atoms with E-state index in [4.69, 9.17) is 4.74 Å². The molecule has 2 aromatic rings. The zero-order valence-corrected chi connectivity index (χ0v) is 13.8. The van der Waals surface area contributed by atoms with E-state index < -0.39 is 0 Å². The smallest absolute Gasteiger partial charge is 0.319 e. The number of likely N-dealkylation sites (N-methyl/N-ethyl adjacent to an activating group) is 1. The van der Waals surface area contributed by atoms with Crippen molar-refractivity contribution >= 4 is 11.7 Å². The molecule has 128 valence electrons. The van der Waals surface area contributed by atoms with Crippen LogP contribution in [0.5, 0.6) is 0 Å². The Hall–Kier alpha value is -2.52. The third-order valence-corrected chi connectivity index (χ3v) is 3.83. The van der Waals surface area contributed by atoms with Crippen LogP contribution in [0.25, 0.3) is 11.4 Å². The minimum Gasteiger partial charge on any atom is -0.374 e. The van der Waals surface area contributed by atoms with Gasteiger partial charge in [0.1, 0.15) is 0 Å². The van der Waals surface area contributed by atoms with Crippen LogP contribution < -0.4 is 10.6 Å². The predicted octanol–water partition coefficient (Wildman–Crippen LogP) is 0.329. The van der Waals surface area contributed by atoms with E-state index in [2.05, 4.69) is 31.1 Å². The highest BCUT2D eigenvalue weighted by atomic mass is 16.5. The number of hydrogen-bond acceptors (Lipinski definition) is 6. The number of tetrazole rings is 1. The Morgan fingerprint density at radius 1 is 1.42 bits per heavy atom. The highest BCUT2D eigenvalue weighted by Crippen LogP contribution is 2.19. The molecular formula is C15H21N7O2. The van der Waals surface area contributed by atoms with Crippen LogP contribution in [-0.4, -0.2) is 70.5 Å². The normalized spacial score (nSPS) is 18.3. The maximum Gasteiger partial charge on any atom is 0.319 e. The van der Waals surface area contributed by atoms with Gasteiger partial charge in [0.25, 0.3) is 0 Å². The molecule has 3 rings (SSSR count). The predicted molar refractivity (Wildman–Crippen MR) is 88.5 cm³/mol. The first-order valence-corrected chi connectivity index (χ1v) is 7.79. The Bertz CT molecular complexity index is 703. The zero-order valence-electron chi connectivity index (χ0n) is 13.8. The summed E-state index contributed by atoms with van der Waals surface area (Å²) in [4.78, 5) is 14.3. The van der Waals surface area contributed by atoms with Gasteiger partial charge in [-0.25, -0.2) is 9.48 Å². The van der Waals surface area contributed by atoms with Crippen LogP contribution in [0, 0.1) is 0 Å². The lowest BCUT2D eigenvalue weighted by molar-refractivity contribution is -0.0166. The molecule has 0 spiro atoms. The topological polar surface area (TPSA) is 97.2 Å². The van der Waals surface area contributed by atoms with Crippen molar-refractivity contribution in [2.24, 2.45) is 7.05 Å². The van der Waals surface area contributed by atoms with Gasteiger partial charge in [-0.1, -0.05) is 12.1 Å². The van der Waals surface area contributed by atoms with E-state index in [1.165, 1.54) is 0 Å². The highest BCUT2D eigenvalue weighted by molar-refractivity contribution is 5.89. The number of urea groups is 1. The molecule has 1 saturated heterocycles. The Balaban J connectivity index is 1.56. The second-order valence-electron chi connectivity index (χ2n) is 5.80. The number of anilines is 1. The first-order valence-electron chi connectivity index (χ1n) is 7.79. The van der Waals surface area contributed by atoms with Crippen LogP contribution >= 0.6 is 0 Å². The van der Waals surface area contributed by atoms with Gasteiger partial charge in [0, 0.05) is 37.9 Å². The lowest BCUT2D eigenvalue weighted by Gasteiger charge is -2.30. The molecule has 0 bridgehead atoms. The van der Waals surface area contributed by atoms with Crippen molar-refractivity contribution in [3.8, 4) is 11.4 Å². The fourth-order valence-corrected chi connectivity index (χ4v) is 2.58. The van der Waals surface area contributed by atoms with Gasteiger partial charge >= 0.3 is 6.03 Å². The second kappa shape index (κ2) is 7.37. The third-order valence-electron chi connectivity index (χ3n) is 3.83. The first kappa shape index (κ1) is 16.3. The van der Waals surface area contributed by atoms with Crippen LogP contribution in [0.2, 0.25) is 0 Å². The molecule has 0 unspecified atom stereocenters. The number of aryl methyl sites for hydroxylation is 1. The SMILES string of the molecule is CN1CCO[C@H](CNC(=O)Nc2cccc(-c3nnnn3C)c2)C1. The van der Waals surface area contributed by atoms with Gasteiger partial charge in [-0.3, -0.25) is 0 Å². The van der Waals surface area contributed by atoms with E-state index in [-0.39, 0.29) is 12.1 Å². The van der Waals surface area contributed by atoms with E-state index in [0.717, 1.165) is 18.7 Å². The number of carbonyl (C=O) groups excluding carboxylic acids is 1. The number of hydrogen-bond donors (Lipinski definition) is 2. The summed E-state index contributed by atoms with van der Waals surface area (Å²) in [6.07, 6.45) is 0.0190. The monoisotopic (exact) mass is 331 g/mol. The minimum absolute atomic E-state index is 0.0190. The first-order chi connectivity index (χ1) is 11.6. The van der Waals surface area contributed by atoms with E-state index in [0.29, 0.717) is 24.7 Å². The lowest BCUT2D eigenvalue weighted by atomic mass is 10.2. The van der Waals surface area contributed by atoms with Crippen molar-refractivity contribution in [1.29, 1.82) is 0 Å². The van der Waals surface area contributed by atoms with E-state index in [1.54, 1.807) is 11.7 Å². The van der Waals surface area contributed by atoms with Crippen molar-refractivity contribution < 1.29 is 9.53 Å². The summed E-state index contributed by atoms with van der Waals surface area (Å²) < 4.78 is 7.20. The maximum absolute atomic E-state index is 12.1. The Morgan fingerprint density at radius 3 is 3.04 bits per heavy atom. The zero-order chi connectivity index (χ0) is 16.9. The highest BCUT2D eigenvalue weighted by Gasteiger charge is 2.18. The molecular weight excluding hydrogens is 310 g/mol. The van der Waals surface area contributed by atoms with Gasteiger partial charge in [0.2, 0.25) is 0 Å². The van der Waals surface area contributed by atoms with Crippen LogP contribution in [0.4, 0.5) is 10.5 Å². The average Bonchev–Trinajstić information content (AvgIpc) is 2.99. The van der Waals surface area contributed by atoms with Crippen LogP contribution in [0.15, 0.2) is 24.3 Å². The minimum atomic E-state index is -0.264. The van der Waals surface area contributed by atoms with Crippen molar-refractivity contribution in [3.63, 3.8) is 0 Å². The summed E-state index contributed by atoms with van der Waals surface area (Å²) in [5, 5.41) is 17.1. The third kappa shape index (κ3) is 4.06. The number of aromatic nitrogens is 4. The molecule has 1 aromatic carbocycles. The number of benzene rings is 1.